The van der Waals surface area contributed by atoms with Crippen LogP contribution in [0.4, 0.5) is 5.95 Å². The molecule has 0 saturated carbocycles. The third-order valence-corrected chi connectivity index (χ3v) is 1.61. The molecule has 1 N–H and O–H groups in total. The number of anilines is 1. The van der Waals surface area contributed by atoms with Gasteiger partial charge in [-0.05, 0) is 0 Å². The van der Waals surface area contributed by atoms with E-state index in [9.17, 15) is 9.59 Å². The van der Waals surface area contributed by atoms with Crippen molar-refractivity contribution in [3.05, 3.63) is 16.8 Å². The number of fused-ring (bicyclic) bond motifs is 1. The van der Waals surface area contributed by atoms with Gasteiger partial charge in [0.25, 0.3) is 0 Å². The summed E-state index contributed by atoms with van der Waals surface area (Å²) in [6, 6.07) is 0. The fraction of sp³-hybridized carbons (Fsp3) is 0.333. The van der Waals surface area contributed by atoms with Crippen molar-refractivity contribution in [1.82, 2.24) is 14.5 Å². The Morgan fingerprint density at radius 1 is 1.42 bits per heavy atom. The molecule has 2 rings (SSSR count). The molecule has 0 unspecified atom stereocenters. The van der Waals surface area contributed by atoms with Crippen molar-refractivity contribution in [2.24, 2.45) is 0 Å². The molecular formula is C6H6N4O2. The van der Waals surface area contributed by atoms with Gasteiger partial charge in [-0.3, -0.25) is 9.36 Å². The van der Waals surface area contributed by atoms with E-state index in [4.69, 9.17) is 0 Å². The van der Waals surface area contributed by atoms with Crippen LogP contribution in [0.1, 0.15) is 0 Å². The Labute approximate surface area is 67.3 Å². The number of nitrogens with one attached hydrogen (secondary N) is 1. The van der Waals surface area contributed by atoms with Crippen molar-refractivity contribution < 1.29 is 4.79 Å². The van der Waals surface area contributed by atoms with Crippen molar-refractivity contribution >= 4 is 11.7 Å². The minimum Gasteiger partial charge on any atom is -0.348 e. The van der Waals surface area contributed by atoms with Gasteiger partial charge in [0.05, 0.1) is 13.1 Å². The van der Waals surface area contributed by atoms with Gasteiger partial charge in [0.1, 0.15) is 6.33 Å². The summed E-state index contributed by atoms with van der Waals surface area (Å²) in [6.45, 7) is 0.304. The highest BCUT2D eigenvalue weighted by atomic mass is 16.2. The highest BCUT2D eigenvalue weighted by Crippen LogP contribution is 2.02. The van der Waals surface area contributed by atoms with Crippen LogP contribution in [0, 0.1) is 0 Å². The van der Waals surface area contributed by atoms with Crippen LogP contribution in [0.15, 0.2) is 11.1 Å². The number of Topliss-reactive ketones (excluding diaryl/α,β-unsaturated/α-hetero) is 1. The minimum absolute atomic E-state index is 0.0422. The second-order valence-corrected chi connectivity index (χ2v) is 2.46. The van der Waals surface area contributed by atoms with Crippen molar-refractivity contribution in [2.75, 3.05) is 11.9 Å². The zero-order valence-electron chi connectivity index (χ0n) is 6.15. The third kappa shape index (κ3) is 0.969. The van der Waals surface area contributed by atoms with Crippen LogP contribution < -0.4 is 11.0 Å². The molecule has 62 valence electrons. The maximum absolute atomic E-state index is 11.0. The fourth-order valence-electron chi connectivity index (χ4n) is 1.06. The summed E-state index contributed by atoms with van der Waals surface area (Å²) < 4.78 is 1.21. The van der Waals surface area contributed by atoms with Gasteiger partial charge in [-0.25, -0.2) is 9.78 Å². The van der Waals surface area contributed by atoms with Gasteiger partial charge in [-0.15, -0.1) is 0 Å². The van der Waals surface area contributed by atoms with Crippen LogP contribution in [0.3, 0.4) is 0 Å². The van der Waals surface area contributed by atoms with E-state index in [1.54, 1.807) is 0 Å². The molecule has 12 heavy (non-hydrogen) atoms. The molecule has 0 fully saturated rings. The van der Waals surface area contributed by atoms with Crippen LogP contribution in [-0.4, -0.2) is 26.9 Å². The maximum atomic E-state index is 11.0. The molecule has 6 nitrogen and oxygen atoms in total. The molecule has 0 radical (unpaired) electrons. The first-order chi connectivity index (χ1) is 5.77. The monoisotopic (exact) mass is 166 g/mol. The highest BCUT2D eigenvalue weighted by Gasteiger charge is 2.15. The van der Waals surface area contributed by atoms with Gasteiger partial charge < -0.3 is 5.32 Å². The fourth-order valence-corrected chi connectivity index (χ4v) is 1.06. The maximum Gasteiger partial charge on any atom is 0.352 e. The average Bonchev–Trinajstić information content (AvgIpc) is 2.07. The van der Waals surface area contributed by atoms with Gasteiger partial charge in [-0.1, -0.05) is 0 Å². The van der Waals surface area contributed by atoms with E-state index in [1.165, 1.54) is 10.9 Å². The largest absolute Gasteiger partial charge is 0.352 e. The van der Waals surface area contributed by atoms with E-state index < -0.39 is 5.69 Å². The number of nitrogens with zero attached hydrogens (tertiary/aromatic N) is 3. The first-order valence-corrected chi connectivity index (χ1v) is 3.45. The quantitative estimate of drug-likeness (QED) is 0.514. The predicted molar refractivity (Wildman–Crippen MR) is 39.8 cm³/mol. The Morgan fingerprint density at radius 3 is 3.08 bits per heavy atom. The molecule has 1 aliphatic heterocycles. The number of carbonyl (C=O) groups excluding carboxylic acids is 1. The SMILES string of the molecule is O=C1CNc2ncnc(=O)n2C1. The summed E-state index contributed by atoms with van der Waals surface area (Å²) in [5.41, 5.74) is -0.444. The van der Waals surface area contributed by atoms with Gasteiger partial charge in [0, 0.05) is 0 Å². The molecule has 1 aromatic rings. The highest BCUT2D eigenvalue weighted by molar-refractivity contribution is 5.84. The molecule has 0 aromatic carbocycles. The second-order valence-electron chi connectivity index (χ2n) is 2.46. The standard InChI is InChI=1S/C6H6N4O2/c11-4-1-7-5-8-3-9-6(12)10(5)2-4/h3H,1-2H2,(H,7,8,9,12). The average molecular weight is 166 g/mol. The van der Waals surface area contributed by atoms with Crippen LogP contribution in [-0.2, 0) is 11.3 Å². The van der Waals surface area contributed by atoms with Crippen LogP contribution in [0.2, 0.25) is 0 Å². The molecule has 2 heterocycles. The van der Waals surface area contributed by atoms with Gasteiger partial charge in [0.15, 0.2) is 5.78 Å². The Bertz CT molecular complexity index is 383. The molecule has 0 saturated heterocycles. The van der Waals surface area contributed by atoms with Crippen LogP contribution in [0.25, 0.3) is 0 Å². The Hall–Kier alpha value is -1.72. The predicted octanol–water partition coefficient (Wildman–Crippen LogP) is -1.37. The van der Waals surface area contributed by atoms with E-state index in [-0.39, 0.29) is 18.9 Å². The third-order valence-electron chi connectivity index (χ3n) is 1.61. The summed E-state index contributed by atoms with van der Waals surface area (Å²) in [5, 5.41) is 2.72. The molecule has 0 spiro atoms. The Morgan fingerprint density at radius 2 is 2.25 bits per heavy atom. The second kappa shape index (κ2) is 2.40. The van der Waals surface area contributed by atoms with Gasteiger partial charge in [0.2, 0.25) is 5.95 Å². The first kappa shape index (κ1) is 6.96. The lowest BCUT2D eigenvalue weighted by Crippen LogP contribution is -2.36. The number of carbonyl (C=O) groups is 1. The zero-order chi connectivity index (χ0) is 8.55. The molecule has 1 aromatic heterocycles. The summed E-state index contributed by atoms with van der Waals surface area (Å²) in [5.74, 6) is 0.369. The van der Waals surface area contributed by atoms with Crippen LogP contribution in [0.5, 0.6) is 0 Å². The lowest BCUT2D eigenvalue weighted by molar-refractivity contribution is -0.118. The molecule has 0 bridgehead atoms. The molecular weight excluding hydrogens is 160 g/mol. The Kier molecular flexibility index (Phi) is 1.39. The normalized spacial score (nSPS) is 15.2. The summed E-state index contributed by atoms with van der Waals surface area (Å²) in [4.78, 5) is 29.2. The molecule has 1 aliphatic rings. The summed E-state index contributed by atoms with van der Waals surface area (Å²) >= 11 is 0. The number of aromatic nitrogens is 3. The number of ketones is 1. The number of hydrogen-bond donors (Lipinski definition) is 1. The molecule has 6 heteroatoms. The van der Waals surface area contributed by atoms with E-state index in [2.05, 4.69) is 15.3 Å². The smallest absolute Gasteiger partial charge is 0.348 e. The number of hydrogen-bond acceptors (Lipinski definition) is 5. The lowest BCUT2D eigenvalue weighted by Gasteiger charge is -2.15. The lowest BCUT2D eigenvalue weighted by atomic mass is 10.3. The number of rotatable bonds is 0. The molecule has 0 aliphatic carbocycles. The first-order valence-electron chi connectivity index (χ1n) is 3.45. The van der Waals surface area contributed by atoms with Gasteiger partial charge in [-0.2, -0.15) is 4.98 Å². The van der Waals surface area contributed by atoms with Crippen molar-refractivity contribution in [2.45, 2.75) is 6.54 Å². The van der Waals surface area contributed by atoms with E-state index in [0.29, 0.717) is 5.95 Å². The Balaban J connectivity index is 2.57. The zero-order valence-corrected chi connectivity index (χ0v) is 6.15. The topological polar surface area (TPSA) is 76.9 Å². The molecule has 0 amide bonds. The summed E-state index contributed by atoms with van der Waals surface area (Å²) in [7, 11) is 0. The van der Waals surface area contributed by atoms with Crippen molar-refractivity contribution in [3.63, 3.8) is 0 Å². The van der Waals surface area contributed by atoms with Crippen LogP contribution >= 0.6 is 0 Å². The van der Waals surface area contributed by atoms with E-state index in [0.717, 1.165) is 0 Å². The van der Waals surface area contributed by atoms with E-state index >= 15 is 0 Å². The minimum atomic E-state index is -0.444. The van der Waals surface area contributed by atoms with E-state index in [1.807, 2.05) is 0 Å². The van der Waals surface area contributed by atoms with Gasteiger partial charge >= 0.3 is 5.69 Å². The summed E-state index contributed by atoms with van der Waals surface area (Å²) in [6.07, 6.45) is 1.18. The van der Waals surface area contributed by atoms with Crippen molar-refractivity contribution in [1.29, 1.82) is 0 Å². The van der Waals surface area contributed by atoms with Crippen molar-refractivity contribution in [3.8, 4) is 0 Å². The molecule has 0 atom stereocenters.